The largest absolute Gasteiger partial charge is 0.434 e. The number of hydrogen-bond donors (Lipinski definition) is 5. The highest BCUT2D eigenvalue weighted by atomic mass is 32.1. The molecule has 0 spiro atoms. The van der Waals surface area contributed by atoms with Crippen LogP contribution in [-0.4, -0.2) is 63.7 Å². The van der Waals surface area contributed by atoms with E-state index in [4.69, 9.17) is 21.0 Å². The molecular formula is C9H16N2O6S. The van der Waals surface area contributed by atoms with Gasteiger partial charge in [0.15, 0.2) is 0 Å². The molecule has 1 heterocycles. The number of isothiocyanates is 1. The summed E-state index contributed by atoms with van der Waals surface area (Å²) in [4.78, 5) is 10.7. The maximum absolute atomic E-state index is 10.7. The van der Waals surface area contributed by atoms with E-state index in [9.17, 15) is 15.0 Å². The number of ether oxygens (including phenoxy) is 2. The van der Waals surface area contributed by atoms with Gasteiger partial charge in [0.1, 0.15) is 18.3 Å². The monoisotopic (exact) mass is 280 g/mol. The van der Waals surface area contributed by atoms with Gasteiger partial charge in [-0.3, -0.25) is 4.79 Å². The standard InChI is InChI=1S/C8H15NO6.CHNS/c1-3(11)14-8-5(9)7(13)6(12)4(2-10)15-8;2-1-3/h4-8,10,12-13H,2,9H2,1H3;2H/t4-,5-,6-,7-,8?;/m1./s1. The second-order valence-corrected chi connectivity index (χ2v) is 3.70. The van der Waals surface area contributed by atoms with Crippen LogP contribution < -0.4 is 5.73 Å². The van der Waals surface area contributed by atoms with Gasteiger partial charge in [-0.2, -0.15) is 0 Å². The molecule has 0 aromatic rings. The van der Waals surface area contributed by atoms with E-state index in [1.807, 2.05) is 0 Å². The van der Waals surface area contributed by atoms with Gasteiger partial charge >= 0.3 is 5.97 Å². The summed E-state index contributed by atoms with van der Waals surface area (Å²) in [5.74, 6) is -0.615. The van der Waals surface area contributed by atoms with Crippen molar-refractivity contribution in [2.24, 2.45) is 5.73 Å². The van der Waals surface area contributed by atoms with Crippen LogP contribution in [0.25, 0.3) is 0 Å². The molecule has 5 atom stereocenters. The van der Waals surface area contributed by atoms with Crippen LogP contribution in [0.5, 0.6) is 0 Å². The predicted octanol–water partition coefficient (Wildman–Crippen LogP) is -2.02. The lowest BCUT2D eigenvalue weighted by molar-refractivity contribution is -0.258. The Bertz CT molecular complexity index is 307. The SMILES string of the molecule is CC(=O)OC1O[C@H](CO)[C@@H](O)[C@H](O)[C@H]1N.N=C=S. The van der Waals surface area contributed by atoms with E-state index >= 15 is 0 Å². The summed E-state index contributed by atoms with van der Waals surface area (Å²) in [5.41, 5.74) is 5.48. The average Bonchev–Trinajstić information content (AvgIpc) is 2.30. The summed E-state index contributed by atoms with van der Waals surface area (Å²) in [7, 11) is 0. The van der Waals surface area contributed by atoms with Crippen molar-refractivity contribution in [3.05, 3.63) is 0 Å². The van der Waals surface area contributed by atoms with E-state index in [1.165, 1.54) is 6.92 Å². The summed E-state index contributed by atoms with van der Waals surface area (Å²) < 4.78 is 9.70. The first-order chi connectivity index (χ1) is 8.38. The van der Waals surface area contributed by atoms with E-state index < -0.39 is 43.2 Å². The van der Waals surface area contributed by atoms with E-state index in [0.717, 1.165) is 0 Å². The summed E-state index contributed by atoms with van der Waals surface area (Å²) in [5, 5.41) is 35.1. The Morgan fingerprint density at radius 3 is 2.44 bits per heavy atom. The Labute approximate surface area is 109 Å². The maximum Gasteiger partial charge on any atom is 0.304 e. The van der Waals surface area contributed by atoms with Crippen molar-refractivity contribution >= 4 is 23.3 Å². The van der Waals surface area contributed by atoms with Crippen molar-refractivity contribution in [1.29, 1.82) is 5.41 Å². The van der Waals surface area contributed by atoms with Crippen LogP contribution in [-0.2, 0) is 14.3 Å². The number of aliphatic hydroxyl groups excluding tert-OH is 3. The smallest absolute Gasteiger partial charge is 0.304 e. The van der Waals surface area contributed by atoms with Crippen molar-refractivity contribution in [3.8, 4) is 0 Å². The third-order valence-electron chi connectivity index (χ3n) is 2.21. The van der Waals surface area contributed by atoms with Crippen molar-refractivity contribution in [2.45, 2.75) is 37.6 Å². The fourth-order valence-electron chi connectivity index (χ4n) is 1.37. The molecule has 0 amide bonds. The number of thiocarbonyl (C=S) groups is 1. The molecule has 8 nitrogen and oxygen atoms in total. The number of hydrogen-bond acceptors (Lipinski definition) is 9. The second kappa shape index (κ2) is 8.22. The fraction of sp³-hybridized carbons (Fsp3) is 0.778. The van der Waals surface area contributed by atoms with Crippen molar-refractivity contribution < 1.29 is 29.6 Å². The molecule has 0 saturated carbocycles. The molecule has 0 aromatic heterocycles. The molecule has 6 N–H and O–H groups in total. The first kappa shape index (κ1) is 17.1. The lowest BCUT2D eigenvalue weighted by Gasteiger charge is -2.39. The number of carbonyl (C=O) groups is 1. The molecule has 9 heteroatoms. The third-order valence-corrected chi connectivity index (χ3v) is 2.21. The molecule has 0 radical (unpaired) electrons. The zero-order valence-electron chi connectivity index (χ0n) is 9.65. The Kier molecular flexibility index (Phi) is 7.80. The molecule has 0 bridgehead atoms. The molecule has 18 heavy (non-hydrogen) atoms. The Morgan fingerprint density at radius 1 is 1.56 bits per heavy atom. The molecule has 1 rings (SSSR count). The van der Waals surface area contributed by atoms with Gasteiger partial charge in [0.05, 0.1) is 17.8 Å². The maximum atomic E-state index is 10.7. The van der Waals surface area contributed by atoms with Crippen molar-refractivity contribution in [1.82, 2.24) is 0 Å². The first-order valence-electron chi connectivity index (χ1n) is 4.98. The van der Waals surface area contributed by atoms with Crippen molar-refractivity contribution in [3.63, 3.8) is 0 Å². The molecule has 0 aliphatic carbocycles. The minimum atomic E-state index is -1.31. The third kappa shape index (κ3) is 4.75. The Morgan fingerprint density at radius 2 is 2.06 bits per heavy atom. The highest BCUT2D eigenvalue weighted by molar-refractivity contribution is 7.78. The number of esters is 1. The van der Waals surface area contributed by atoms with Gasteiger partial charge in [-0.25, -0.2) is 5.41 Å². The van der Waals surface area contributed by atoms with Gasteiger partial charge in [-0.15, -0.1) is 0 Å². The zero-order valence-corrected chi connectivity index (χ0v) is 10.5. The Hall–Kier alpha value is -0.930. The lowest BCUT2D eigenvalue weighted by Crippen LogP contribution is -2.62. The van der Waals surface area contributed by atoms with Gasteiger partial charge in [0.25, 0.3) is 0 Å². The van der Waals surface area contributed by atoms with Crippen LogP contribution in [0.15, 0.2) is 0 Å². The summed E-state index contributed by atoms with van der Waals surface area (Å²) in [6.07, 6.45) is -4.76. The van der Waals surface area contributed by atoms with Crippen LogP contribution in [0, 0.1) is 5.41 Å². The molecular weight excluding hydrogens is 264 g/mol. The summed E-state index contributed by atoms with van der Waals surface area (Å²) in [6, 6.07) is -1.04. The minimum Gasteiger partial charge on any atom is -0.434 e. The number of nitrogens with two attached hydrogens (primary N) is 1. The van der Waals surface area contributed by atoms with Gasteiger partial charge in [-0.1, -0.05) is 0 Å². The van der Waals surface area contributed by atoms with Crippen LogP contribution >= 0.6 is 12.2 Å². The summed E-state index contributed by atoms with van der Waals surface area (Å²) in [6.45, 7) is 0.671. The average molecular weight is 280 g/mol. The zero-order chi connectivity index (χ0) is 14.3. The quantitative estimate of drug-likeness (QED) is 0.221. The predicted molar refractivity (Wildman–Crippen MR) is 62.8 cm³/mol. The van der Waals surface area contributed by atoms with Crippen LogP contribution in [0.3, 0.4) is 0 Å². The molecule has 104 valence electrons. The van der Waals surface area contributed by atoms with Gasteiger partial charge in [0.2, 0.25) is 6.29 Å². The van der Waals surface area contributed by atoms with Gasteiger partial charge in [0, 0.05) is 6.92 Å². The highest BCUT2D eigenvalue weighted by Gasteiger charge is 2.43. The molecule has 1 aliphatic heterocycles. The van der Waals surface area contributed by atoms with Crippen molar-refractivity contribution in [2.75, 3.05) is 6.61 Å². The summed E-state index contributed by atoms with van der Waals surface area (Å²) >= 11 is 3.81. The number of nitrogens with one attached hydrogen (secondary N) is 1. The molecule has 1 aliphatic rings. The topological polar surface area (TPSA) is 146 Å². The fourth-order valence-corrected chi connectivity index (χ4v) is 1.37. The molecule has 0 aromatic carbocycles. The normalized spacial score (nSPS) is 34.8. The van der Waals surface area contributed by atoms with E-state index in [1.54, 1.807) is 5.16 Å². The molecule has 1 fully saturated rings. The van der Waals surface area contributed by atoms with Crippen LogP contribution in [0.2, 0.25) is 0 Å². The molecule has 1 saturated heterocycles. The first-order valence-corrected chi connectivity index (χ1v) is 5.39. The Balaban J connectivity index is 0.000000873. The van der Waals surface area contributed by atoms with E-state index in [2.05, 4.69) is 17.0 Å². The van der Waals surface area contributed by atoms with E-state index in [0.29, 0.717) is 0 Å². The highest BCUT2D eigenvalue weighted by Crippen LogP contribution is 2.20. The molecule has 1 unspecified atom stereocenters. The van der Waals surface area contributed by atoms with Gasteiger partial charge in [-0.05, 0) is 12.2 Å². The van der Waals surface area contributed by atoms with Gasteiger partial charge < -0.3 is 30.5 Å². The van der Waals surface area contributed by atoms with Crippen LogP contribution in [0.1, 0.15) is 6.92 Å². The number of aliphatic hydroxyl groups is 3. The van der Waals surface area contributed by atoms with Crippen LogP contribution in [0.4, 0.5) is 0 Å². The number of carbonyl (C=O) groups excluding carboxylic acids is 1. The lowest BCUT2D eigenvalue weighted by atomic mass is 9.98. The second-order valence-electron chi connectivity index (χ2n) is 3.50. The van der Waals surface area contributed by atoms with E-state index in [-0.39, 0.29) is 0 Å². The number of rotatable bonds is 2. The minimum absolute atomic E-state index is 0.497.